The Morgan fingerprint density at radius 3 is 2.56 bits per heavy atom. The predicted molar refractivity (Wildman–Crippen MR) is 99.6 cm³/mol. The molecule has 1 aromatic heterocycles. The summed E-state index contributed by atoms with van der Waals surface area (Å²) in [5.41, 5.74) is 3.78. The molecule has 0 unspecified atom stereocenters. The lowest BCUT2D eigenvalue weighted by Crippen LogP contribution is -2.58. The Bertz CT molecular complexity index is 764. The van der Waals surface area contributed by atoms with Crippen LogP contribution in [0.2, 0.25) is 0 Å². The van der Waals surface area contributed by atoms with Gasteiger partial charge in [0.25, 0.3) is 0 Å². The van der Waals surface area contributed by atoms with Gasteiger partial charge in [-0.1, -0.05) is 25.1 Å². The van der Waals surface area contributed by atoms with E-state index in [1.165, 1.54) is 5.56 Å². The topological polar surface area (TPSA) is 57.3 Å². The SMILES string of the molecule is CCc1ccc(CN2CCC3(CC2)Nc2ccccc2NC3=O)nc1. The smallest absolute Gasteiger partial charge is 0.250 e. The highest BCUT2D eigenvalue weighted by molar-refractivity contribution is 6.06. The van der Waals surface area contributed by atoms with Crippen LogP contribution in [0, 0.1) is 0 Å². The summed E-state index contributed by atoms with van der Waals surface area (Å²) in [6, 6.07) is 12.2. The Labute approximate surface area is 148 Å². The van der Waals surface area contributed by atoms with Crippen LogP contribution in [-0.4, -0.2) is 34.4 Å². The summed E-state index contributed by atoms with van der Waals surface area (Å²) < 4.78 is 0. The van der Waals surface area contributed by atoms with Crippen LogP contribution in [0.15, 0.2) is 42.6 Å². The van der Waals surface area contributed by atoms with Crippen LogP contribution >= 0.6 is 0 Å². The fourth-order valence-electron chi connectivity index (χ4n) is 3.69. The van der Waals surface area contributed by atoms with Crippen molar-refractivity contribution >= 4 is 17.3 Å². The third-order valence-electron chi connectivity index (χ3n) is 5.37. The van der Waals surface area contributed by atoms with Crippen LogP contribution < -0.4 is 10.6 Å². The van der Waals surface area contributed by atoms with Gasteiger partial charge in [-0.25, -0.2) is 0 Å². The fraction of sp³-hybridized carbons (Fsp3) is 0.400. The number of para-hydroxylation sites is 2. The standard InChI is InChI=1S/C20H24N4O/c1-2-15-7-8-16(21-13-15)14-24-11-9-20(10-12-24)19(25)22-17-5-3-4-6-18(17)23-20/h3-8,13,23H,2,9-12,14H2,1H3,(H,22,25). The molecule has 1 aromatic carbocycles. The largest absolute Gasteiger partial charge is 0.369 e. The Balaban J connectivity index is 1.41. The Morgan fingerprint density at radius 2 is 1.88 bits per heavy atom. The zero-order valence-electron chi connectivity index (χ0n) is 14.6. The minimum absolute atomic E-state index is 0.0938. The van der Waals surface area contributed by atoms with Gasteiger partial charge in [0.2, 0.25) is 5.91 Å². The van der Waals surface area contributed by atoms with Gasteiger partial charge >= 0.3 is 0 Å². The molecule has 3 heterocycles. The molecule has 5 heteroatoms. The van der Waals surface area contributed by atoms with E-state index >= 15 is 0 Å². The average molecular weight is 336 g/mol. The van der Waals surface area contributed by atoms with E-state index in [0.29, 0.717) is 0 Å². The molecule has 0 aliphatic carbocycles. The van der Waals surface area contributed by atoms with Crippen molar-refractivity contribution in [3.05, 3.63) is 53.9 Å². The average Bonchev–Trinajstić information content (AvgIpc) is 2.65. The molecule has 1 spiro atoms. The Hall–Kier alpha value is -2.40. The second-order valence-electron chi connectivity index (χ2n) is 6.99. The molecule has 2 aromatic rings. The number of aryl methyl sites for hydroxylation is 1. The number of nitrogens with zero attached hydrogens (tertiary/aromatic N) is 2. The van der Waals surface area contributed by atoms with Gasteiger partial charge in [-0.05, 0) is 43.0 Å². The Morgan fingerprint density at radius 1 is 1.12 bits per heavy atom. The second kappa shape index (κ2) is 6.48. The van der Waals surface area contributed by atoms with E-state index in [1.807, 2.05) is 30.5 Å². The summed E-state index contributed by atoms with van der Waals surface area (Å²) in [5, 5.41) is 6.57. The van der Waals surface area contributed by atoms with Gasteiger partial charge in [-0.15, -0.1) is 0 Å². The van der Waals surface area contributed by atoms with Crippen molar-refractivity contribution < 1.29 is 4.79 Å². The highest BCUT2D eigenvalue weighted by Gasteiger charge is 2.44. The number of aromatic nitrogens is 1. The zero-order chi connectivity index (χ0) is 17.3. The van der Waals surface area contributed by atoms with Gasteiger partial charge in [-0.2, -0.15) is 0 Å². The van der Waals surface area contributed by atoms with E-state index in [4.69, 9.17) is 0 Å². The van der Waals surface area contributed by atoms with Crippen molar-refractivity contribution in [2.45, 2.75) is 38.3 Å². The predicted octanol–water partition coefficient (Wildman–Crippen LogP) is 3.04. The zero-order valence-corrected chi connectivity index (χ0v) is 14.6. The quantitative estimate of drug-likeness (QED) is 0.904. The molecule has 2 aliphatic rings. The van der Waals surface area contributed by atoms with Crippen LogP contribution in [0.25, 0.3) is 0 Å². The van der Waals surface area contributed by atoms with E-state index in [9.17, 15) is 4.79 Å². The highest BCUT2D eigenvalue weighted by Crippen LogP contribution is 2.36. The minimum atomic E-state index is -0.482. The molecule has 25 heavy (non-hydrogen) atoms. The van der Waals surface area contributed by atoms with Gasteiger partial charge in [0.15, 0.2) is 0 Å². The summed E-state index contributed by atoms with van der Waals surface area (Å²) in [6.45, 7) is 4.76. The van der Waals surface area contributed by atoms with Crippen molar-refractivity contribution in [3.8, 4) is 0 Å². The van der Waals surface area contributed by atoms with Crippen LogP contribution in [0.4, 0.5) is 11.4 Å². The molecular formula is C20H24N4O. The molecule has 0 radical (unpaired) electrons. The summed E-state index contributed by atoms with van der Waals surface area (Å²) in [5.74, 6) is 0.0938. The number of anilines is 2. The number of nitrogens with one attached hydrogen (secondary N) is 2. The van der Waals surface area contributed by atoms with Crippen LogP contribution in [0.3, 0.4) is 0 Å². The number of pyridine rings is 1. The maximum atomic E-state index is 12.7. The first-order chi connectivity index (χ1) is 12.2. The number of likely N-dealkylation sites (tertiary alicyclic amines) is 1. The van der Waals surface area contributed by atoms with Crippen molar-refractivity contribution in [2.75, 3.05) is 23.7 Å². The number of hydrogen-bond acceptors (Lipinski definition) is 4. The first-order valence-electron chi connectivity index (χ1n) is 9.03. The molecular weight excluding hydrogens is 312 g/mol. The number of carbonyl (C=O) groups is 1. The van der Waals surface area contributed by atoms with Crippen LogP contribution in [0.5, 0.6) is 0 Å². The van der Waals surface area contributed by atoms with Gasteiger partial charge in [0, 0.05) is 25.8 Å². The fourth-order valence-corrected chi connectivity index (χ4v) is 3.69. The van der Waals surface area contributed by atoms with Gasteiger partial charge < -0.3 is 10.6 Å². The Kier molecular flexibility index (Phi) is 4.17. The third-order valence-corrected chi connectivity index (χ3v) is 5.37. The maximum absolute atomic E-state index is 12.7. The lowest BCUT2D eigenvalue weighted by molar-refractivity contribution is -0.122. The maximum Gasteiger partial charge on any atom is 0.250 e. The van der Waals surface area contributed by atoms with E-state index in [1.54, 1.807) is 0 Å². The molecule has 2 N–H and O–H groups in total. The van der Waals surface area contributed by atoms with E-state index in [0.717, 1.165) is 56.0 Å². The number of fused-ring (bicyclic) bond motifs is 1. The molecule has 130 valence electrons. The number of carbonyl (C=O) groups excluding carboxylic acids is 1. The van der Waals surface area contributed by atoms with Crippen LogP contribution in [-0.2, 0) is 17.8 Å². The number of benzene rings is 1. The van der Waals surface area contributed by atoms with Gasteiger partial charge in [0.05, 0.1) is 17.1 Å². The molecule has 1 amide bonds. The van der Waals surface area contributed by atoms with Crippen molar-refractivity contribution in [3.63, 3.8) is 0 Å². The van der Waals surface area contributed by atoms with E-state index < -0.39 is 5.54 Å². The van der Waals surface area contributed by atoms with Gasteiger partial charge in [0.1, 0.15) is 5.54 Å². The number of rotatable bonds is 3. The minimum Gasteiger partial charge on any atom is -0.369 e. The first kappa shape index (κ1) is 16.1. The van der Waals surface area contributed by atoms with E-state index in [2.05, 4.69) is 39.6 Å². The van der Waals surface area contributed by atoms with Crippen LogP contribution in [0.1, 0.15) is 31.0 Å². The normalized spacial score (nSPS) is 19.2. The van der Waals surface area contributed by atoms with E-state index in [-0.39, 0.29) is 5.91 Å². The molecule has 0 atom stereocenters. The molecule has 1 fully saturated rings. The van der Waals surface area contributed by atoms with Gasteiger partial charge in [-0.3, -0.25) is 14.7 Å². The monoisotopic (exact) mass is 336 g/mol. The summed E-state index contributed by atoms with van der Waals surface area (Å²) in [4.78, 5) is 19.6. The second-order valence-corrected chi connectivity index (χ2v) is 6.99. The lowest BCUT2D eigenvalue weighted by Gasteiger charge is -2.44. The molecule has 2 aliphatic heterocycles. The number of amides is 1. The highest BCUT2D eigenvalue weighted by atomic mass is 16.2. The summed E-state index contributed by atoms with van der Waals surface area (Å²) in [6.07, 6.45) is 4.59. The summed E-state index contributed by atoms with van der Waals surface area (Å²) in [7, 11) is 0. The molecule has 0 bridgehead atoms. The van der Waals surface area contributed by atoms with Crippen molar-refractivity contribution in [2.24, 2.45) is 0 Å². The van der Waals surface area contributed by atoms with Crippen molar-refractivity contribution in [1.29, 1.82) is 0 Å². The molecule has 4 rings (SSSR count). The first-order valence-corrected chi connectivity index (χ1v) is 9.03. The number of hydrogen-bond donors (Lipinski definition) is 2. The molecule has 0 saturated carbocycles. The number of piperidine rings is 1. The molecule has 5 nitrogen and oxygen atoms in total. The third kappa shape index (κ3) is 3.12. The lowest BCUT2D eigenvalue weighted by atomic mass is 9.84. The molecule has 1 saturated heterocycles. The summed E-state index contributed by atoms with van der Waals surface area (Å²) >= 11 is 0. The van der Waals surface area contributed by atoms with Crippen molar-refractivity contribution in [1.82, 2.24) is 9.88 Å².